The Balaban J connectivity index is 0.000000138. The lowest BCUT2D eigenvalue weighted by molar-refractivity contribution is 1.63. The zero-order chi connectivity index (χ0) is 62.1. The van der Waals surface area contributed by atoms with E-state index in [1.54, 1.807) is 0 Å². The molecule has 0 spiro atoms. The zero-order valence-corrected chi connectivity index (χ0v) is 51.6. The molecule has 0 atom stereocenters. The molecule has 0 aliphatic rings. The number of fused-ring (bicyclic) bond motifs is 14. The van der Waals surface area contributed by atoms with Crippen molar-refractivity contribution in [3.8, 4) is 77.9 Å². The molecular weight excluding hydrogens is 1130 g/mol. The second-order valence-corrected chi connectivity index (χ2v) is 24.8. The third kappa shape index (κ3) is 9.06. The summed E-state index contributed by atoms with van der Waals surface area (Å²) >= 11 is 0. The Kier molecular flexibility index (Phi) is 13.3. The molecule has 0 fully saturated rings. The van der Waals surface area contributed by atoms with Gasteiger partial charge < -0.3 is 0 Å². The van der Waals surface area contributed by atoms with E-state index < -0.39 is 0 Å². The molecule has 0 aliphatic carbocycles. The van der Waals surface area contributed by atoms with Gasteiger partial charge in [-0.25, -0.2) is 0 Å². The van der Waals surface area contributed by atoms with Crippen molar-refractivity contribution in [3.05, 3.63) is 364 Å². The highest BCUT2D eigenvalue weighted by Gasteiger charge is 2.22. The van der Waals surface area contributed by atoms with Crippen molar-refractivity contribution in [1.29, 1.82) is 0 Å². The highest BCUT2D eigenvalue weighted by molar-refractivity contribution is 6.33. The SMILES string of the molecule is c1ccc(-c2c3ccccc3c(-c3cccc(-c4cc5c6ccccc6c6ccccc6c5c5ccccc45)c3)c3ccccc23)cc1.c1ccc(-c2ccc(-c3c4ccccc4c(-c4cccc(-c5cccc6ccccc56)c4)c4ccccc34)c3ccccc23)cc1. The van der Waals surface area contributed by atoms with E-state index in [1.807, 2.05) is 0 Å². The van der Waals surface area contributed by atoms with Gasteiger partial charge in [0.1, 0.15) is 0 Å². The summed E-state index contributed by atoms with van der Waals surface area (Å²) in [5.41, 5.74) is 17.6. The average molecular weight is 1190 g/mol. The van der Waals surface area contributed by atoms with Crippen molar-refractivity contribution >= 4 is 108 Å². The van der Waals surface area contributed by atoms with Gasteiger partial charge in [0, 0.05) is 0 Å². The average Bonchev–Trinajstić information content (AvgIpc) is 0.739. The molecule has 0 heteroatoms. The normalized spacial score (nSPS) is 11.6. The summed E-state index contributed by atoms with van der Waals surface area (Å²) in [5.74, 6) is 0. The van der Waals surface area contributed by atoms with E-state index in [2.05, 4.69) is 364 Å². The summed E-state index contributed by atoms with van der Waals surface area (Å²) in [6.07, 6.45) is 0. The van der Waals surface area contributed by atoms with E-state index in [0.717, 1.165) is 0 Å². The molecule has 0 N–H and O–H groups in total. The molecule has 436 valence electrons. The quantitative estimate of drug-likeness (QED) is 0.110. The molecule has 0 bridgehead atoms. The van der Waals surface area contributed by atoms with Gasteiger partial charge in [-0.05, 0) is 204 Å². The van der Waals surface area contributed by atoms with E-state index in [1.165, 1.54) is 186 Å². The Morgan fingerprint density at radius 3 is 0.915 bits per heavy atom. The lowest BCUT2D eigenvalue weighted by atomic mass is 9.83. The van der Waals surface area contributed by atoms with Gasteiger partial charge in [0.15, 0.2) is 0 Å². The molecular formula is C94H60. The van der Waals surface area contributed by atoms with Crippen LogP contribution in [-0.2, 0) is 0 Å². The van der Waals surface area contributed by atoms with E-state index >= 15 is 0 Å². The van der Waals surface area contributed by atoms with Crippen LogP contribution in [0, 0.1) is 0 Å². The summed E-state index contributed by atoms with van der Waals surface area (Å²) in [5, 5.41) is 25.6. The smallest absolute Gasteiger partial charge is 0.00199 e. The van der Waals surface area contributed by atoms with Gasteiger partial charge in [0.2, 0.25) is 0 Å². The first-order chi connectivity index (χ1) is 46.7. The topological polar surface area (TPSA) is 0 Å². The molecule has 0 amide bonds. The maximum atomic E-state index is 2.44. The van der Waals surface area contributed by atoms with Crippen molar-refractivity contribution in [2.45, 2.75) is 0 Å². The largest absolute Gasteiger partial charge is 0.0622 e. The molecule has 0 saturated heterocycles. The molecule has 0 aromatic heterocycles. The number of rotatable bonds is 7. The standard InChI is InChI=1S/C48H30.C46H30/c1-2-15-31(16-3-1)46-40-25-10-12-27-42(40)47(43-28-13-11-26-41(43)46)33-18-14-17-32(29-33)44-30-45-36-21-5-4-19-34(36)35-20-6-8-23-38(35)48(45)39-24-9-7-22-37(39)44;1-2-14-31(15-3-1)37-28-29-44(39-22-7-6-21-38(37)39)46-42-25-10-8-23-40(42)45(41-24-9-11-26-43(41)46)34-19-12-18-33(30-34)36-27-13-17-32-16-4-5-20-35(32)36/h1-30H;1-30H. The zero-order valence-electron chi connectivity index (χ0n) is 51.6. The number of hydrogen-bond acceptors (Lipinski definition) is 0. The highest BCUT2D eigenvalue weighted by atomic mass is 14.3. The fourth-order valence-corrected chi connectivity index (χ4v) is 15.6. The van der Waals surface area contributed by atoms with Gasteiger partial charge in [-0.1, -0.05) is 346 Å². The first-order valence-electron chi connectivity index (χ1n) is 32.6. The van der Waals surface area contributed by atoms with E-state index in [9.17, 15) is 0 Å². The molecule has 19 aromatic rings. The Bertz CT molecular complexity index is 6090. The van der Waals surface area contributed by atoms with Crippen LogP contribution in [-0.4, -0.2) is 0 Å². The van der Waals surface area contributed by atoms with Crippen molar-refractivity contribution in [1.82, 2.24) is 0 Å². The monoisotopic (exact) mass is 1190 g/mol. The third-order valence-electron chi connectivity index (χ3n) is 19.7. The summed E-state index contributed by atoms with van der Waals surface area (Å²) < 4.78 is 0. The van der Waals surface area contributed by atoms with Crippen molar-refractivity contribution in [2.24, 2.45) is 0 Å². The van der Waals surface area contributed by atoms with E-state index in [4.69, 9.17) is 0 Å². The van der Waals surface area contributed by atoms with Crippen LogP contribution in [0.15, 0.2) is 364 Å². The van der Waals surface area contributed by atoms with Gasteiger partial charge in [-0.2, -0.15) is 0 Å². The maximum absolute atomic E-state index is 2.44. The molecule has 94 heavy (non-hydrogen) atoms. The molecule has 0 nitrogen and oxygen atoms in total. The summed E-state index contributed by atoms with van der Waals surface area (Å²) in [7, 11) is 0. The van der Waals surface area contributed by atoms with Crippen LogP contribution in [0.1, 0.15) is 0 Å². The second kappa shape index (κ2) is 22.9. The summed E-state index contributed by atoms with van der Waals surface area (Å²) in [4.78, 5) is 0. The summed E-state index contributed by atoms with van der Waals surface area (Å²) in [6, 6.07) is 133. The lowest BCUT2D eigenvalue weighted by Gasteiger charge is -2.20. The van der Waals surface area contributed by atoms with Gasteiger partial charge in [0.05, 0.1) is 0 Å². The Morgan fingerprint density at radius 2 is 0.404 bits per heavy atom. The Hall–Kier alpha value is -12.2. The van der Waals surface area contributed by atoms with Gasteiger partial charge in [0.25, 0.3) is 0 Å². The minimum Gasteiger partial charge on any atom is -0.0622 e. The van der Waals surface area contributed by atoms with E-state index in [0.29, 0.717) is 0 Å². The van der Waals surface area contributed by atoms with Crippen LogP contribution >= 0.6 is 0 Å². The minimum atomic E-state index is 1.23. The molecule has 0 aliphatic heterocycles. The van der Waals surface area contributed by atoms with Crippen LogP contribution in [0.5, 0.6) is 0 Å². The first kappa shape index (κ1) is 54.7. The third-order valence-corrected chi connectivity index (χ3v) is 19.7. The van der Waals surface area contributed by atoms with Crippen LogP contribution in [0.4, 0.5) is 0 Å². The first-order valence-corrected chi connectivity index (χ1v) is 32.6. The molecule has 19 aromatic carbocycles. The summed E-state index contributed by atoms with van der Waals surface area (Å²) in [6.45, 7) is 0. The van der Waals surface area contributed by atoms with Crippen LogP contribution < -0.4 is 0 Å². The minimum absolute atomic E-state index is 1.23. The predicted molar refractivity (Wildman–Crippen MR) is 406 cm³/mol. The maximum Gasteiger partial charge on any atom is -0.00199 e. The molecule has 0 radical (unpaired) electrons. The number of hydrogen-bond donors (Lipinski definition) is 0. The van der Waals surface area contributed by atoms with Gasteiger partial charge in [-0.3, -0.25) is 0 Å². The number of benzene rings is 19. The molecule has 0 unspecified atom stereocenters. The molecule has 19 rings (SSSR count). The molecule has 0 heterocycles. The highest BCUT2D eigenvalue weighted by Crippen LogP contribution is 2.50. The fourth-order valence-electron chi connectivity index (χ4n) is 15.6. The van der Waals surface area contributed by atoms with Crippen molar-refractivity contribution < 1.29 is 0 Å². The van der Waals surface area contributed by atoms with Crippen molar-refractivity contribution in [2.75, 3.05) is 0 Å². The van der Waals surface area contributed by atoms with Crippen molar-refractivity contribution in [3.63, 3.8) is 0 Å². The second-order valence-electron chi connectivity index (χ2n) is 24.8. The van der Waals surface area contributed by atoms with E-state index in [-0.39, 0.29) is 0 Å². The van der Waals surface area contributed by atoms with Gasteiger partial charge in [-0.15, -0.1) is 0 Å². The lowest BCUT2D eigenvalue weighted by Crippen LogP contribution is -1.92. The molecule has 0 saturated carbocycles. The van der Waals surface area contributed by atoms with Crippen LogP contribution in [0.2, 0.25) is 0 Å². The van der Waals surface area contributed by atoms with Crippen LogP contribution in [0.3, 0.4) is 0 Å². The Morgan fingerprint density at radius 1 is 0.117 bits per heavy atom. The Labute approximate surface area is 546 Å². The fraction of sp³-hybridized carbons (Fsp3) is 0. The predicted octanol–water partition coefficient (Wildman–Crippen LogP) is 26.6. The van der Waals surface area contributed by atoms with Crippen LogP contribution in [0.25, 0.3) is 186 Å². The van der Waals surface area contributed by atoms with Gasteiger partial charge >= 0.3 is 0 Å².